The van der Waals surface area contributed by atoms with Crippen LogP contribution in [0.3, 0.4) is 0 Å². The van der Waals surface area contributed by atoms with Gasteiger partial charge in [0.2, 0.25) is 0 Å². The van der Waals surface area contributed by atoms with E-state index in [1.54, 1.807) is 50.2 Å². The number of pyridine rings is 1. The lowest BCUT2D eigenvalue weighted by molar-refractivity contribution is 0.0952. The van der Waals surface area contributed by atoms with Crippen molar-refractivity contribution in [3.8, 4) is 11.5 Å². The number of hydrogen-bond donors (Lipinski definition) is 0. The highest BCUT2D eigenvalue weighted by Crippen LogP contribution is 2.30. The van der Waals surface area contributed by atoms with E-state index in [1.165, 1.54) is 30.9 Å². The van der Waals surface area contributed by atoms with E-state index in [2.05, 4.69) is 0 Å². The van der Waals surface area contributed by atoms with E-state index in [4.69, 9.17) is 18.9 Å². The van der Waals surface area contributed by atoms with Gasteiger partial charge in [0.1, 0.15) is 11.3 Å². The molecule has 0 atom stereocenters. The normalized spacial score (nSPS) is 10.5. The fourth-order valence-electron chi connectivity index (χ4n) is 3.33. The number of benzene rings is 2. The minimum absolute atomic E-state index is 0.0132. The smallest absolute Gasteiger partial charge is 0.497 e. The lowest BCUT2D eigenvalue weighted by atomic mass is 10.1. The summed E-state index contributed by atoms with van der Waals surface area (Å²) >= 11 is 0. The molecule has 10 heteroatoms. The van der Waals surface area contributed by atoms with Gasteiger partial charge < -0.3 is 23.5 Å². The predicted octanol–water partition coefficient (Wildman–Crippen LogP) is 3.89. The Kier molecular flexibility index (Phi) is 7.52. The fourth-order valence-corrected chi connectivity index (χ4v) is 3.33. The minimum atomic E-state index is -1.10. The Labute approximate surface area is 195 Å². The number of amides is 2. The van der Waals surface area contributed by atoms with E-state index in [0.717, 1.165) is 0 Å². The molecular formula is C24H24N2O8. The second-order valence-corrected chi connectivity index (χ2v) is 6.91. The minimum Gasteiger partial charge on any atom is -0.497 e. The molecule has 3 aromatic rings. The molecule has 0 spiro atoms. The molecule has 0 unspecified atom stereocenters. The van der Waals surface area contributed by atoms with Gasteiger partial charge in [-0.15, -0.1) is 0 Å². The summed E-state index contributed by atoms with van der Waals surface area (Å²) in [6, 6.07) is 12.6. The van der Waals surface area contributed by atoms with Crippen LogP contribution in [0.25, 0.3) is 10.9 Å². The number of hydrogen-bond acceptors (Lipinski definition) is 8. The van der Waals surface area contributed by atoms with Gasteiger partial charge >= 0.3 is 12.2 Å². The summed E-state index contributed by atoms with van der Waals surface area (Å²) < 4.78 is 21.6. The summed E-state index contributed by atoms with van der Waals surface area (Å²) in [4.78, 5) is 52.8. The van der Waals surface area contributed by atoms with E-state index < -0.39 is 29.3 Å². The first-order valence-corrected chi connectivity index (χ1v) is 10.5. The van der Waals surface area contributed by atoms with Crippen LogP contribution in [0.1, 0.15) is 24.2 Å². The van der Waals surface area contributed by atoms with Crippen LogP contribution in [0.15, 0.2) is 53.3 Å². The highest BCUT2D eigenvalue weighted by molar-refractivity contribution is 6.21. The Morgan fingerprint density at radius 2 is 1.59 bits per heavy atom. The Morgan fingerprint density at radius 1 is 0.941 bits per heavy atom. The molecule has 0 aliphatic carbocycles. The van der Waals surface area contributed by atoms with Crippen LogP contribution in [-0.4, -0.2) is 43.0 Å². The zero-order chi connectivity index (χ0) is 24.8. The molecule has 1 heterocycles. The zero-order valence-electron chi connectivity index (χ0n) is 19.2. The van der Waals surface area contributed by atoms with Crippen molar-refractivity contribution in [3.63, 3.8) is 0 Å². The van der Waals surface area contributed by atoms with Crippen molar-refractivity contribution >= 4 is 34.7 Å². The van der Waals surface area contributed by atoms with E-state index in [9.17, 15) is 19.2 Å². The van der Waals surface area contributed by atoms with E-state index in [1.807, 2.05) is 0 Å². The van der Waals surface area contributed by atoms with Crippen LogP contribution in [0, 0.1) is 0 Å². The molecule has 2 aromatic carbocycles. The number of ether oxygens (including phenoxy) is 4. The van der Waals surface area contributed by atoms with Gasteiger partial charge in [0, 0.05) is 12.4 Å². The second-order valence-electron chi connectivity index (χ2n) is 6.91. The molecular weight excluding hydrogens is 444 g/mol. The number of para-hydroxylation sites is 1. The maximum Gasteiger partial charge on any atom is 0.513 e. The van der Waals surface area contributed by atoms with Crippen LogP contribution < -0.4 is 19.9 Å². The fraction of sp³-hybridized carbons (Fsp3) is 0.250. The second kappa shape index (κ2) is 10.5. The quantitative estimate of drug-likeness (QED) is 0.501. The molecule has 0 fully saturated rings. The molecule has 0 saturated carbocycles. The van der Waals surface area contributed by atoms with Gasteiger partial charge in [0.25, 0.3) is 11.5 Å². The van der Waals surface area contributed by atoms with E-state index in [0.29, 0.717) is 21.6 Å². The van der Waals surface area contributed by atoms with Crippen molar-refractivity contribution in [1.29, 1.82) is 0 Å². The Balaban J connectivity index is 2.26. The number of anilines is 1. The molecule has 0 saturated heterocycles. The third-order valence-electron chi connectivity index (χ3n) is 4.90. The summed E-state index contributed by atoms with van der Waals surface area (Å²) in [5.41, 5.74) is -0.763. The van der Waals surface area contributed by atoms with Crippen molar-refractivity contribution < 1.29 is 33.3 Å². The monoisotopic (exact) mass is 468 g/mol. The van der Waals surface area contributed by atoms with Crippen molar-refractivity contribution in [2.24, 2.45) is 7.05 Å². The molecule has 0 aliphatic rings. The van der Waals surface area contributed by atoms with Crippen molar-refractivity contribution in [2.75, 3.05) is 25.2 Å². The predicted molar refractivity (Wildman–Crippen MR) is 124 cm³/mol. The van der Waals surface area contributed by atoms with Gasteiger partial charge in [-0.05, 0) is 50.2 Å². The highest BCUT2D eigenvalue weighted by Gasteiger charge is 2.33. The molecule has 0 aliphatic heterocycles. The number of methoxy groups -OCH3 is 1. The van der Waals surface area contributed by atoms with Crippen LogP contribution in [0.5, 0.6) is 11.5 Å². The number of nitrogens with zero attached hydrogens (tertiary/aromatic N) is 2. The van der Waals surface area contributed by atoms with Gasteiger partial charge in [-0.3, -0.25) is 9.59 Å². The molecule has 0 radical (unpaired) electrons. The first-order valence-electron chi connectivity index (χ1n) is 10.5. The number of carbonyl (C=O) groups excluding carboxylic acids is 3. The summed E-state index contributed by atoms with van der Waals surface area (Å²) in [6.07, 6.45) is -2.10. The number of fused-ring (bicyclic) bond motifs is 1. The van der Waals surface area contributed by atoms with Gasteiger partial charge in [-0.2, -0.15) is 0 Å². The summed E-state index contributed by atoms with van der Waals surface area (Å²) in [5.74, 6) is -0.854. The lowest BCUT2D eigenvalue weighted by Gasteiger charge is -2.22. The number of rotatable bonds is 6. The number of aromatic nitrogens is 1. The average molecular weight is 468 g/mol. The molecule has 2 amide bonds. The molecule has 0 N–H and O–H groups in total. The molecule has 34 heavy (non-hydrogen) atoms. The maximum atomic E-state index is 13.7. The summed E-state index contributed by atoms with van der Waals surface area (Å²) in [5, 5.41) is 0.305. The molecule has 1 aromatic heterocycles. The number of aryl methyl sites for hydroxylation is 1. The summed E-state index contributed by atoms with van der Waals surface area (Å²) in [6.45, 7) is 3.17. The molecule has 10 nitrogen and oxygen atoms in total. The number of carbonyl (C=O) groups is 3. The van der Waals surface area contributed by atoms with Crippen LogP contribution in [0.2, 0.25) is 0 Å². The standard InChI is InChI=1S/C24H24N2O8/c1-5-32-23(29)26(15-11-13-16(31-4)14-12-15)22(28)19-20(34-24(30)33-6-2)17-9-7-8-10-18(17)25(3)21(19)27/h7-14H,5-6H2,1-4H3. The molecule has 0 bridgehead atoms. The van der Waals surface area contributed by atoms with Gasteiger partial charge in [0.05, 0.1) is 31.5 Å². The maximum absolute atomic E-state index is 13.7. The van der Waals surface area contributed by atoms with E-state index in [-0.39, 0.29) is 24.7 Å². The van der Waals surface area contributed by atoms with E-state index >= 15 is 0 Å². The highest BCUT2D eigenvalue weighted by atomic mass is 16.7. The lowest BCUT2D eigenvalue weighted by Crippen LogP contribution is -2.41. The number of imide groups is 1. The zero-order valence-corrected chi connectivity index (χ0v) is 19.2. The van der Waals surface area contributed by atoms with Gasteiger partial charge in [-0.1, -0.05) is 12.1 Å². The van der Waals surface area contributed by atoms with Crippen molar-refractivity contribution in [3.05, 3.63) is 64.4 Å². The topological polar surface area (TPSA) is 113 Å². The van der Waals surface area contributed by atoms with Crippen LogP contribution in [-0.2, 0) is 16.5 Å². The van der Waals surface area contributed by atoms with Gasteiger partial charge in [0.15, 0.2) is 5.75 Å². The van der Waals surface area contributed by atoms with Crippen LogP contribution >= 0.6 is 0 Å². The largest absolute Gasteiger partial charge is 0.513 e. The third-order valence-corrected chi connectivity index (χ3v) is 4.90. The Morgan fingerprint density at radius 3 is 2.21 bits per heavy atom. The molecule has 3 rings (SSSR count). The molecule has 178 valence electrons. The SMILES string of the molecule is CCOC(=O)Oc1c(C(=O)N(C(=O)OCC)c2ccc(OC)cc2)c(=O)n(C)c2ccccc12. The van der Waals surface area contributed by atoms with Crippen LogP contribution in [0.4, 0.5) is 15.3 Å². The average Bonchev–Trinajstić information content (AvgIpc) is 2.83. The summed E-state index contributed by atoms with van der Waals surface area (Å²) in [7, 11) is 2.94. The first-order chi connectivity index (χ1) is 16.3. The Hall–Kier alpha value is -4.34. The first kappa shape index (κ1) is 24.3. The van der Waals surface area contributed by atoms with Gasteiger partial charge in [-0.25, -0.2) is 14.5 Å². The third kappa shape index (κ3) is 4.70. The van der Waals surface area contributed by atoms with Crippen molar-refractivity contribution in [2.45, 2.75) is 13.8 Å². The van der Waals surface area contributed by atoms with Crippen molar-refractivity contribution in [1.82, 2.24) is 4.57 Å². The Bertz CT molecular complexity index is 1280.